The Morgan fingerprint density at radius 3 is 2.00 bits per heavy atom. The van der Waals surface area contributed by atoms with Crippen LogP contribution in [0.15, 0.2) is 48.5 Å². The molecule has 2 atom stereocenters. The lowest BCUT2D eigenvalue weighted by Gasteiger charge is -2.31. The molecule has 0 fully saturated rings. The minimum atomic E-state index is -0.987. The number of ether oxygens (including phenoxy) is 1. The van der Waals surface area contributed by atoms with Gasteiger partial charge in [-0.15, -0.1) is 0 Å². The van der Waals surface area contributed by atoms with E-state index in [4.69, 9.17) is 9.84 Å². The van der Waals surface area contributed by atoms with Crippen molar-refractivity contribution in [2.24, 2.45) is 5.41 Å². The summed E-state index contributed by atoms with van der Waals surface area (Å²) in [4.78, 5) is 36.6. The van der Waals surface area contributed by atoms with Crippen molar-refractivity contribution in [3.63, 3.8) is 0 Å². The Kier molecular flexibility index (Phi) is 7.41. The molecule has 0 bridgehead atoms. The number of nitrogens with one attached hydrogen (secondary N) is 2. The summed E-state index contributed by atoms with van der Waals surface area (Å²) < 4.78 is 5.59. The van der Waals surface area contributed by atoms with Crippen LogP contribution in [0.5, 0.6) is 0 Å². The lowest BCUT2D eigenvalue weighted by molar-refractivity contribution is -0.137. The Balaban J connectivity index is 1.68. The zero-order valence-corrected chi connectivity index (χ0v) is 19.6. The molecule has 0 aromatic heterocycles. The summed E-state index contributed by atoms with van der Waals surface area (Å²) in [5, 5.41) is 14.5. The first-order valence-electron chi connectivity index (χ1n) is 11.3. The van der Waals surface area contributed by atoms with E-state index in [2.05, 4.69) is 22.8 Å². The van der Waals surface area contributed by atoms with E-state index in [1.54, 1.807) is 6.92 Å². The summed E-state index contributed by atoms with van der Waals surface area (Å²) in [6.07, 6.45) is -0.387. The monoisotopic (exact) mass is 452 g/mol. The van der Waals surface area contributed by atoms with Crippen molar-refractivity contribution in [3.8, 4) is 11.1 Å². The largest absolute Gasteiger partial charge is 0.481 e. The average Bonchev–Trinajstić information content (AvgIpc) is 3.08. The highest BCUT2D eigenvalue weighted by Gasteiger charge is 2.35. The van der Waals surface area contributed by atoms with Gasteiger partial charge in [-0.2, -0.15) is 0 Å². The first-order chi connectivity index (χ1) is 15.6. The molecule has 176 valence electrons. The Labute approximate surface area is 194 Å². The smallest absolute Gasteiger partial charge is 0.407 e. The van der Waals surface area contributed by atoms with E-state index >= 15 is 0 Å². The van der Waals surface area contributed by atoms with Gasteiger partial charge in [-0.05, 0) is 34.1 Å². The van der Waals surface area contributed by atoms with Crippen molar-refractivity contribution in [2.45, 2.75) is 58.5 Å². The molecular weight excluding hydrogens is 420 g/mol. The summed E-state index contributed by atoms with van der Waals surface area (Å²) in [5.41, 5.74) is 3.89. The predicted molar refractivity (Wildman–Crippen MR) is 126 cm³/mol. The molecular formula is C26H32N2O5. The van der Waals surface area contributed by atoms with Crippen LogP contribution in [0.4, 0.5) is 4.79 Å². The maximum absolute atomic E-state index is 12.9. The number of carboxylic acid groups (broad SMARTS) is 1. The fourth-order valence-corrected chi connectivity index (χ4v) is 4.23. The van der Waals surface area contributed by atoms with Crippen molar-refractivity contribution in [3.05, 3.63) is 59.7 Å². The molecule has 0 spiro atoms. The molecule has 1 aliphatic rings. The van der Waals surface area contributed by atoms with E-state index in [9.17, 15) is 14.4 Å². The Morgan fingerprint density at radius 1 is 0.970 bits per heavy atom. The van der Waals surface area contributed by atoms with Crippen LogP contribution in [-0.4, -0.2) is 41.8 Å². The minimum absolute atomic E-state index is 0.0786. The number of fused-ring (bicyclic) bond motifs is 3. The van der Waals surface area contributed by atoms with Crippen LogP contribution in [-0.2, 0) is 14.3 Å². The maximum Gasteiger partial charge on any atom is 0.407 e. The summed E-state index contributed by atoms with van der Waals surface area (Å²) >= 11 is 0. The number of alkyl carbamates (subject to hydrolysis) is 1. The molecule has 0 heterocycles. The zero-order valence-electron chi connectivity index (χ0n) is 19.6. The number of hydrogen-bond donors (Lipinski definition) is 3. The van der Waals surface area contributed by atoms with Crippen LogP contribution >= 0.6 is 0 Å². The van der Waals surface area contributed by atoms with Gasteiger partial charge in [0.1, 0.15) is 12.6 Å². The standard InChI is InChI=1S/C26H32N2O5/c1-5-16(14-22(29)30)27-24(31)23(26(2,3)4)28-25(32)33-15-21-19-12-8-6-10-17(19)18-11-7-9-13-20(18)21/h6-13,16,21,23H,5,14-15H2,1-4H3,(H,27,31)(H,28,32)(H,29,30)/t16-,23+/m1/s1. The van der Waals surface area contributed by atoms with Gasteiger partial charge in [0.05, 0.1) is 6.42 Å². The molecule has 0 aliphatic heterocycles. The van der Waals surface area contributed by atoms with Gasteiger partial charge in [0, 0.05) is 12.0 Å². The summed E-state index contributed by atoms with van der Waals surface area (Å²) in [5.74, 6) is -1.49. The molecule has 2 amide bonds. The van der Waals surface area contributed by atoms with E-state index in [0.29, 0.717) is 6.42 Å². The molecule has 7 heteroatoms. The topological polar surface area (TPSA) is 105 Å². The highest BCUT2D eigenvalue weighted by atomic mass is 16.5. The van der Waals surface area contributed by atoms with Gasteiger partial charge in [0.2, 0.25) is 5.91 Å². The highest BCUT2D eigenvalue weighted by Crippen LogP contribution is 2.44. The lowest BCUT2D eigenvalue weighted by Crippen LogP contribution is -2.55. The van der Waals surface area contributed by atoms with E-state index < -0.39 is 35.5 Å². The third-order valence-corrected chi connectivity index (χ3v) is 5.99. The fraction of sp³-hybridized carbons (Fsp3) is 0.423. The molecule has 0 unspecified atom stereocenters. The number of amides is 2. The number of benzene rings is 2. The molecule has 1 aliphatic carbocycles. The van der Waals surface area contributed by atoms with Crippen LogP contribution in [0.3, 0.4) is 0 Å². The van der Waals surface area contributed by atoms with E-state index in [-0.39, 0.29) is 18.9 Å². The Bertz CT molecular complexity index is 982. The zero-order chi connectivity index (χ0) is 24.2. The summed E-state index contributed by atoms with van der Waals surface area (Å²) in [6.45, 7) is 7.45. The first-order valence-corrected chi connectivity index (χ1v) is 11.3. The number of rotatable bonds is 8. The van der Waals surface area contributed by atoms with Gasteiger partial charge in [-0.25, -0.2) is 4.79 Å². The van der Waals surface area contributed by atoms with E-state index in [0.717, 1.165) is 22.3 Å². The van der Waals surface area contributed by atoms with Crippen LogP contribution in [0, 0.1) is 5.41 Å². The summed E-state index contributed by atoms with van der Waals surface area (Å²) in [6, 6.07) is 14.8. The number of carbonyl (C=O) groups excluding carboxylic acids is 2. The van der Waals surface area contributed by atoms with Crippen LogP contribution in [0.25, 0.3) is 11.1 Å². The second kappa shape index (κ2) is 10.1. The lowest BCUT2D eigenvalue weighted by atomic mass is 9.86. The van der Waals surface area contributed by atoms with Gasteiger partial charge in [-0.1, -0.05) is 76.2 Å². The average molecular weight is 453 g/mol. The second-order valence-corrected chi connectivity index (χ2v) is 9.48. The number of carbonyl (C=O) groups is 3. The Morgan fingerprint density at radius 2 is 1.52 bits per heavy atom. The molecule has 2 aromatic carbocycles. The molecule has 3 rings (SSSR count). The molecule has 0 saturated carbocycles. The van der Waals surface area contributed by atoms with Gasteiger partial charge in [-0.3, -0.25) is 9.59 Å². The molecule has 0 radical (unpaired) electrons. The fourth-order valence-electron chi connectivity index (χ4n) is 4.23. The van der Waals surface area contributed by atoms with Crippen molar-refractivity contribution >= 4 is 18.0 Å². The molecule has 2 aromatic rings. The molecule has 0 saturated heterocycles. The van der Waals surface area contributed by atoms with Gasteiger partial charge >= 0.3 is 12.1 Å². The van der Waals surface area contributed by atoms with Crippen molar-refractivity contribution in [2.75, 3.05) is 6.61 Å². The summed E-state index contributed by atoms with van der Waals surface area (Å²) in [7, 11) is 0. The van der Waals surface area contributed by atoms with E-state index in [1.807, 2.05) is 57.2 Å². The quantitative estimate of drug-likeness (QED) is 0.554. The molecule has 3 N–H and O–H groups in total. The Hall–Kier alpha value is -3.35. The number of hydrogen-bond acceptors (Lipinski definition) is 4. The van der Waals surface area contributed by atoms with Crippen molar-refractivity contribution in [1.82, 2.24) is 10.6 Å². The number of carboxylic acids is 1. The SMILES string of the molecule is CC[C@H](CC(=O)O)NC(=O)[C@H](NC(=O)OCC1c2ccccc2-c2ccccc21)C(C)(C)C. The highest BCUT2D eigenvalue weighted by molar-refractivity contribution is 5.87. The molecule has 7 nitrogen and oxygen atoms in total. The van der Waals surface area contributed by atoms with Gasteiger partial charge < -0.3 is 20.5 Å². The second-order valence-electron chi connectivity index (χ2n) is 9.48. The third-order valence-electron chi connectivity index (χ3n) is 5.99. The van der Waals surface area contributed by atoms with Crippen molar-refractivity contribution < 1.29 is 24.2 Å². The predicted octanol–water partition coefficient (Wildman–Crippen LogP) is 4.31. The normalized spacial score (nSPS) is 14.5. The van der Waals surface area contributed by atoms with Crippen LogP contribution < -0.4 is 10.6 Å². The van der Waals surface area contributed by atoms with Crippen molar-refractivity contribution in [1.29, 1.82) is 0 Å². The van der Waals surface area contributed by atoms with Crippen LogP contribution in [0.1, 0.15) is 57.6 Å². The van der Waals surface area contributed by atoms with Gasteiger partial charge in [0.25, 0.3) is 0 Å². The van der Waals surface area contributed by atoms with Gasteiger partial charge in [0.15, 0.2) is 0 Å². The van der Waals surface area contributed by atoms with E-state index in [1.165, 1.54) is 0 Å². The van der Waals surface area contributed by atoms with Crippen LogP contribution in [0.2, 0.25) is 0 Å². The first kappa shape index (κ1) is 24.3. The minimum Gasteiger partial charge on any atom is -0.481 e. The molecule has 33 heavy (non-hydrogen) atoms. The third kappa shape index (κ3) is 5.72. The maximum atomic E-state index is 12.9. The number of aliphatic carboxylic acids is 1.